The minimum atomic E-state index is 0.599. The van der Waals surface area contributed by atoms with Crippen LogP contribution in [-0.4, -0.2) is 0 Å². The van der Waals surface area contributed by atoms with Crippen molar-refractivity contribution in [1.82, 2.24) is 0 Å². The molecule has 2 rings (SSSR count). The van der Waals surface area contributed by atoms with Crippen LogP contribution in [-0.2, 0) is 0 Å². The van der Waals surface area contributed by atoms with E-state index in [1.807, 2.05) is 0 Å². The smallest absolute Gasteiger partial charge is 0.0332 e. The van der Waals surface area contributed by atoms with Crippen LogP contribution in [0.5, 0.6) is 0 Å². The van der Waals surface area contributed by atoms with Gasteiger partial charge >= 0.3 is 0 Å². The highest BCUT2D eigenvalue weighted by Crippen LogP contribution is 2.59. The van der Waals surface area contributed by atoms with Gasteiger partial charge in [-0.3, -0.25) is 0 Å². The van der Waals surface area contributed by atoms with Crippen LogP contribution in [0.2, 0.25) is 0 Å². The Morgan fingerprint density at radius 2 is 1.80 bits per heavy atom. The van der Waals surface area contributed by atoms with Crippen molar-refractivity contribution in [3.05, 3.63) is 0 Å². The van der Waals surface area contributed by atoms with E-state index < -0.39 is 0 Å². The molecule has 58 valence electrons. The van der Waals surface area contributed by atoms with Crippen molar-refractivity contribution < 1.29 is 0 Å². The van der Waals surface area contributed by atoms with Crippen molar-refractivity contribution in [2.45, 2.75) is 40.0 Å². The first kappa shape index (κ1) is 6.69. The average molecular weight is 138 g/mol. The Labute approximate surface area is 64.0 Å². The summed E-state index contributed by atoms with van der Waals surface area (Å²) in [7, 11) is 0. The summed E-state index contributed by atoms with van der Waals surface area (Å²) in [5, 5.41) is 0. The summed E-state index contributed by atoms with van der Waals surface area (Å²) in [5.41, 5.74) is 0.599. The van der Waals surface area contributed by atoms with Crippen molar-refractivity contribution in [2.24, 2.45) is 23.2 Å². The van der Waals surface area contributed by atoms with Crippen LogP contribution in [0.4, 0.5) is 0 Å². The zero-order valence-electron chi connectivity index (χ0n) is 7.35. The third kappa shape index (κ3) is 0.741. The first-order valence-corrected chi connectivity index (χ1v) is 4.59. The summed E-state index contributed by atoms with van der Waals surface area (Å²) in [5.74, 6) is 3.36. The van der Waals surface area contributed by atoms with Crippen LogP contribution in [0.25, 0.3) is 0 Å². The number of hydrogen-bond donors (Lipinski definition) is 0. The highest BCUT2D eigenvalue weighted by molar-refractivity contribution is 5.00. The molecule has 0 N–H and O–H groups in total. The molecule has 2 saturated carbocycles. The first-order chi connectivity index (χ1) is 4.59. The van der Waals surface area contributed by atoms with Crippen molar-refractivity contribution in [2.75, 3.05) is 0 Å². The summed E-state index contributed by atoms with van der Waals surface area (Å²) >= 11 is 0. The molecule has 0 nitrogen and oxygen atoms in total. The molecule has 0 radical (unpaired) electrons. The predicted molar refractivity (Wildman–Crippen MR) is 43.8 cm³/mol. The maximum Gasteiger partial charge on any atom is -0.0332 e. The summed E-state index contributed by atoms with van der Waals surface area (Å²) in [4.78, 5) is 0. The van der Waals surface area contributed by atoms with E-state index in [0.717, 1.165) is 17.8 Å². The van der Waals surface area contributed by atoms with E-state index in [9.17, 15) is 0 Å². The maximum atomic E-state index is 2.40. The second kappa shape index (κ2) is 1.78. The minimum absolute atomic E-state index is 0.599. The minimum Gasteiger partial charge on any atom is -0.0599 e. The van der Waals surface area contributed by atoms with Crippen LogP contribution in [0.1, 0.15) is 40.0 Å². The molecule has 0 saturated heterocycles. The van der Waals surface area contributed by atoms with Crippen molar-refractivity contribution >= 4 is 0 Å². The Hall–Kier alpha value is 0. The number of fused-ring (bicyclic) bond motifs is 1. The fourth-order valence-electron chi connectivity index (χ4n) is 2.72. The lowest BCUT2D eigenvalue weighted by Gasteiger charge is -2.58. The monoisotopic (exact) mass is 138 g/mol. The molecule has 3 unspecified atom stereocenters. The lowest BCUT2D eigenvalue weighted by Crippen LogP contribution is -2.49. The molecule has 10 heavy (non-hydrogen) atoms. The summed E-state index contributed by atoms with van der Waals surface area (Å²) in [6, 6.07) is 0. The van der Waals surface area contributed by atoms with E-state index in [4.69, 9.17) is 0 Å². The van der Waals surface area contributed by atoms with Crippen LogP contribution in [0, 0.1) is 23.2 Å². The molecule has 0 aromatic rings. The summed E-state index contributed by atoms with van der Waals surface area (Å²) < 4.78 is 0. The van der Waals surface area contributed by atoms with Crippen LogP contribution < -0.4 is 0 Å². The van der Waals surface area contributed by atoms with E-state index in [-0.39, 0.29) is 0 Å². The van der Waals surface area contributed by atoms with E-state index in [1.165, 1.54) is 19.3 Å². The normalized spacial score (nSPS) is 45.3. The van der Waals surface area contributed by atoms with Gasteiger partial charge in [0.25, 0.3) is 0 Å². The zero-order valence-corrected chi connectivity index (χ0v) is 7.35. The second-order valence-electron chi connectivity index (χ2n) is 5.21. The summed E-state index contributed by atoms with van der Waals surface area (Å²) in [6.45, 7) is 7.19. The second-order valence-corrected chi connectivity index (χ2v) is 5.21. The number of rotatable bonds is 0. The molecule has 0 aromatic carbocycles. The molecule has 0 spiro atoms. The number of hydrogen-bond acceptors (Lipinski definition) is 0. The SMILES string of the molecule is CC(C)(C)C1CC2CCC21. The summed E-state index contributed by atoms with van der Waals surface area (Å²) in [6.07, 6.45) is 4.61. The Balaban J connectivity index is 1.97. The van der Waals surface area contributed by atoms with Gasteiger partial charge in [0, 0.05) is 0 Å². The predicted octanol–water partition coefficient (Wildman–Crippen LogP) is 3.08. The fraction of sp³-hybridized carbons (Fsp3) is 1.00. The average Bonchev–Trinajstić information content (AvgIpc) is 1.74. The molecular weight excluding hydrogens is 120 g/mol. The quantitative estimate of drug-likeness (QED) is 0.482. The van der Waals surface area contributed by atoms with Gasteiger partial charge in [-0.2, -0.15) is 0 Å². The standard InChI is InChI=1S/C10H18/c1-10(2,3)9-6-7-4-5-8(7)9/h7-9H,4-6H2,1-3H3. The maximum absolute atomic E-state index is 2.40. The molecular formula is C10H18. The first-order valence-electron chi connectivity index (χ1n) is 4.59. The molecule has 0 heteroatoms. The fourth-order valence-corrected chi connectivity index (χ4v) is 2.72. The molecule has 2 fully saturated rings. The molecule has 2 aliphatic carbocycles. The third-order valence-corrected chi connectivity index (χ3v) is 3.66. The van der Waals surface area contributed by atoms with Crippen molar-refractivity contribution in [3.8, 4) is 0 Å². The molecule has 0 aromatic heterocycles. The van der Waals surface area contributed by atoms with Crippen LogP contribution >= 0.6 is 0 Å². The lowest BCUT2D eigenvalue weighted by molar-refractivity contribution is -0.0826. The van der Waals surface area contributed by atoms with Gasteiger partial charge in [-0.15, -0.1) is 0 Å². The van der Waals surface area contributed by atoms with E-state index >= 15 is 0 Å². The zero-order chi connectivity index (χ0) is 7.35. The third-order valence-electron chi connectivity index (χ3n) is 3.66. The molecule has 0 bridgehead atoms. The van der Waals surface area contributed by atoms with Crippen molar-refractivity contribution in [3.63, 3.8) is 0 Å². The largest absolute Gasteiger partial charge is 0.0599 e. The Morgan fingerprint density at radius 1 is 1.10 bits per heavy atom. The van der Waals surface area contributed by atoms with Crippen LogP contribution in [0.3, 0.4) is 0 Å². The van der Waals surface area contributed by atoms with Gasteiger partial charge < -0.3 is 0 Å². The van der Waals surface area contributed by atoms with Gasteiger partial charge in [0.05, 0.1) is 0 Å². The van der Waals surface area contributed by atoms with Gasteiger partial charge in [0.15, 0.2) is 0 Å². The van der Waals surface area contributed by atoms with Gasteiger partial charge in [0.2, 0.25) is 0 Å². The molecule has 0 heterocycles. The highest BCUT2D eigenvalue weighted by Gasteiger charge is 2.50. The Morgan fingerprint density at radius 3 is 1.90 bits per heavy atom. The Kier molecular flexibility index (Phi) is 1.19. The van der Waals surface area contributed by atoms with Gasteiger partial charge in [-0.05, 0) is 42.4 Å². The lowest BCUT2D eigenvalue weighted by atomic mass is 9.47. The molecule has 3 atom stereocenters. The van der Waals surface area contributed by atoms with Gasteiger partial charge in [-0.1, -0.05) is 20.8 Å². The molecule has 0 amide bonds. The van der Waals surface area contributed by atoms with Gasteiger partial charge in [-0.25, -0.2) is 0 Å². The van der Waals surface area contributed by atoms with Crippen molar-refractivity contribution in [1.29, 1.82) is 0 Å². The van der Waals surface area contributed by atoms with Gasteiger partial charge in [0.1, 0.15) is 0 Å². The van der Waals surface area contributed by atoms with E-state index in [1.54, 1.807) is 0 Å². The molecule has 0 aliphatic heterocycles. The highest BCUT2D eigenvalue weighted by atomic mass is 14.6. The molecule has 2 aliphatic rings. The van der Waals surface area contributed by atoms with E-state index in [0.29, 0.717) is 5.41 Å². The topological polar surface area (TPSA) is 0 Å². The van der Waals surface area contributed by atoms with E-state index in [2.05, 4.69) is 20.8 Å². The Bertz CT molecular complexity index is 141. The van der Waals surface area contributed by atoms with Crippen LogP contribution in [0.15, 0.2) is 0 Å².